The average Bonchev–Trinajstić information content (AvgIpc) is 2.39. The van der Waals surface area contributed by atoms with E-state index in [1.54, 1.807) is 0 Å². The molecule has 11 heavy (non-hydrogen) atoms. The largest absolute Gasteiger partial charge is 0.480 e. The van der Waals surface area contributed by atoms with E-state index in [-0.39, 0.29) is 5.60 Å². The van der Waals surface area contributed by atoms with Gasteiger partial charge in [-0.3, -0.25) is 0 Å². The van der Waals surface area contributed by atoms with Crippen LogP contribution in [0.3, 0.4) is 0 Å². The molecule has 62 valence electrons. The lowest BCUT2D eigenvalue weighted by Gasteiger charge is -1.98. The van der Waals surface area contributed by atoms with Gasteiger partial charge in [0.05, 0.1) is 0 Å². The van der Waals surface area contributed by atoms with Gasteiger partial charge in [-0.05, 0) is 33.6 Å². The normalized spacial score (nSPS) is 27.7. The van der Waals surface area contributed by atoms with Crippen molar-refractivity contribution in [2.45, 2.75) is 39.2 Å². The molecule has 0 aromatic rings. The summed E-state index contributed by atoms with van der Waals surface area (Å²) in [6.45, 7) is 10.1. The standard InChI is InChI=1S/C10H16O/c1-8(2)6-5-7-10(4)9(3)11-10/h6H,3,5,7H2,1-2,4H3. The van der Waals surface area contributed by atoms with Gasteiger partial charge in [0, 0.05) is 0 Å². The summed E-state index contributed by atoms with van der Waals surface area (Å²) in [7, 11) is 0. The Kier molecular flexibility index (Phi) is 2.08. The van der Waals surface area contributed by atoms with Crippen LogP contribution in [0, 0.1) is 0 Å². The molecule has 0 spiro atoms. The minimum atomic E-state index is 0.00590. The third-order valence-corrected chi connectivity index (χ3v) is 2.07. The Bertz CT molecular complexity index is 199. The Morgan fingerprint density at radius 1 is 1.64 bits per heavy atom. The first-order chi connectivity index (χ1) is 5.04. The minimum absolute atomic E-state index is 0.00590. The number of allylic oxidation sites excluding steroid dienone is 2. The van der Waals surface area contributed by atoms with Crippen LogP contribution in [-0.4, -0.2) is 5.60 Å². The Morgan fingerprint density at radius 2 is 2.18 bits per heavy atom. The van der Waals surface area contributed by atoms with Gasteiger partial charge in [0.1, 0.15) is 5.76 Å². The van der Waals surface area contributed by atoms with Crippen LogP contribution in [0.2, 0.25) is 0 Å². The predicted octanol–water partition coefficient (Wildman–Crippen LogP) is 3.04. The topological polar surface area (TPSA) is 12.5 Å². The van der Waals surface area contributed by atoms with E-state index >= 15 is 0 Å². The van der Waals surface area contributed by atoms with Crippen molar-refractivity contribution in [1.82, 2.24) is 0 Å². The summed E-state index contributed by atoms with van der Waals surface area (Å²) in [5.74, 6) is 0.944. The summed E-state index contributed by atoms with van der Waals surface area (Å²) >= 11 is 0. The lowest BCUT2D eigenvalue weighted by atomic mass is 10.0. The molecule has 1 fully saturated rings. The molecule has 1 heteroatoms. The SMILES string of the molecule is C=C1OC1(C)CCC=C(C)C. The van der Waals surface area contributed by atoms with E-state index in [1.807, 2.05) is 0 Å². The van der Waals surface area contributed by atoms with Crippen LogP contribution >= 0.6 is 0 Å². The first-order valence-electron chi connectivity index (χ1n) is 4.06. The highest BCUT2D eigenvalue weighted by atomic mass is 16.6. The molecule has 1 aliphatic rings. The molecule has 1 heterocycles. The predicted molar refractivity (Wildman–Crippen MR) is 47.3 cm³/mol. The van der Waals surface area contributed by atoms with Crippen molar-refractivity contribution in [3.63, 3.8) is 0 Å². The summed E-state index contributed by atoms with van der Waals surface area (Å²) < 4.78 is 5.26. The van der Waals surface area contributed by atoms with Gasteiger partial charge in [0.25, 0.3) is 0 Å². The Labute approximate surface area is 68.8 Å². The van der Waals surface area contributed by atoms with Crippen LogP contribution in [-0.2, 0) is 4.74 Å². The van der Waals surface area contributed by atoms with Gasteiger partial charge in [0.2, 0.25) is 0 Å². The summed E-state index contributed by atoms with van der Waals surface area (Å²) in [6.07, 6.45) is 4.40. The molecule has 1 rings (SSSR count). The van der Waals surface area contributed by atoms with Gasteiger partial charge in [-0.15, -0.1) is 0 Å². The zero-order valence-corrected chi connectivity index (χ0v) is 7.61. The summed E-state index contributed by atoms with van der Waals surface area (Å²) in [5, 5.41) is 0. The van der Waals surface area contributed by atoms with Crippen LogP contribution in [0.4, 0.5) is 0 Å². The molecule has 0 saturated carbocycles. The molecule has 0 amide bonds. The second kappa shape index (κ2) is 2.72. The quantitative estimate of drug-likeness (QED) is 0.447. The molecule has 1 aliphatic heterocycles. The Hall–Kier alpha value is -0.720. The van der Waals surface area contributed by atoms with Gasteiger partial charge >= 0.3 is 0 Å². The van der Waals surface area contributed by atoms with E-state index in [0.29, 0.717) is 0 Å². The third-order valence-electron chi connectivity index (χ3n) is 2.07. The fourth-order valence-corrected chi connectivity index (χ4v) is 1.07. The van der Waals surface area contributed by atoms with Crippen molar-refractivity contribution in [3.8, 4) is 0 Å². The van der Waals surface area contributed by atoms with Crippen molar-refractivity contribution < 1.29 is 4.74 Å². The highest BCUT2D eigenvalue weighted by Crippen LogP contribution is 2.42. The second-order valence-electron chi connectivity index (χ2n) is 3.58. The molecule has 0 aromatic carbocycles. The number of epoxide rings is 1. The van der Waals surface area contributed by atoms with Gasteiger partial charge in [-0.25, -0.2) is 0 Å². The molecule has 1 saturated heterocycles. The van der Waals surface area contributed by atoms with Gasteiger partial charge < -0.3 is 4.74 Å². The van der Waals surface area contributed by atoms with Gasteiger partial charge in [-0.2, -0.15) is 0 Å². The summed E-state index contributed by atoms with van der Waals surface area (Å²) in [5.41, 5.74) is 1.38. The molecule has 1 nitrogen and oxygen atoms in total. The second-order valence-corrected chi connectivity index (χ2v) is 3.58. The molecule has 1 unspecified atom stereocenters. The van der Waals surface area contributed by atoms with Crippen molar-refractivity contribution in [2.75, 3.05) is 0 Å². The average molecular weight is 152 g/mol. The van der Waals surface area contributed by atoms with Crippen LogP contribution < -0.4 is 0 Å². The molecular formula is C10H16O. The van der Waals surface area contributed by atoms with Crippen LogP contribution in [0.1, 0.15) is 33.6 Å². The molecule has 0 aliphatic carbocycles. The molecule has 0 N–H and O–H groups in total. The number of ether oxygens (including phenoxy) is 1. The number of rotatable bonds is 3. The zero-order chi connectivity index (χ0) is 8.48. The Balaban J connectivity index is 2.24. The van der Waals surface area contributed by atoms with Gasteiger partial charge in [-0.1, -0.05) is 18.2 Å². The monoisotopic (exact) mass is 152 g/mol. The van der Waals surface area contributed by atoms with Crippen molar-refractivity contribution >= 4 is 0 Å². The lowest BCUT2D eigenvalue weighted by Crippen LogP contribution is -2.01. The third kappa shape index (κ3) is 2.11. The van der Waals surface area contributed by atoms with Crippen molar-refractivity contribution in [1.29, 1.82) is 0 Å². The maximum Gasteiger partial charge on any atom is 0.162 e. The molecule has 0 radical (unpaired) electrons. The zero-order valence-electron chi connectivity index (χ0n) is 7.61. The van der Waals surface area contributed by atoms with Crippen LogP contribution in [0.5, 0.6) is 0 Å². The smallest absolute Gasteiger partial charge is 0.162 e. The van der Waals surface area contributed by atoms with Crippen molar-refractivity contribution in [2.24, 2.45) is 0 Å². The van der Waals surface area contributed by atoms with E-state index in [2.05, 4.69) is 33.4 Å². The maximum atomic E-state index is 5.26. The maximum absolute atomic E-state index is 5.26. The fraction of sp³-hybridized carbons (Fsp3) is 0.600. The molecule has 1 atom stereocenters. The number of hydrogen-bond acceptors (Lipinski definition) is 1. The van der Waals surface area contributed by atoms with E-state index in [4.69, 9.17) is 4.74 Å². The Morgan fingerprint density at radius 3 is 2.55 bits per heavy atom. The van der Waals surface area contributed by atoms with Crippen molar-refractivity contribution in [3.05, 3.63) is 24.0 Å². The van der Waals surface area contributed by atoms with E-state index in [9.17, 15) is 0 Å². The molecule has 0 aromatic heterocycles. The van der Waals surface area contributed by atoms with E-state index < -0.39 is 0 Å². The summed E-state index contributed by atoms with van der Waals surface area (Å²) in [6, 6.07) is 0. The molecular weight excluding hydrogens is 136 g/mol. The van der Waals surface area contributed by atoms with Crippen LogP contribution in [0.25, 0.3) is 0 Å². The first kappa shape index (κ1) is 8.38. The van der Waals surface area contributed by atoms with Gasteiger partial charge in [0.15, 0.2) is 5.60 Å². The fourth-order valence-electron chi connectivity index (χ4n) is 1.07. The lowest BCUT2D eigenvalue weighted by molar-refractivity contribution is 0.316. The highest BCUT2D eigenvalue weighted by Gasteiger charge is 2.45. The van der Waals surface area contributed by atoms with Crippen LogP contribution in [0.15, 0.2) is 24.0 Å². The number of hydrogen-bond donors (Lipinski definition) is 0. The highest BCUT2D eigenvalue weighted by molar-refractivity contribution is 5.19. The van der Waals surface area contributed by atoms with E-state index in [0.717, 1.165) is 18.6 Å². The summed E-state index contributed by atoms with van der Waals surface area (Å²) in [4.78, 5) is 0. The molecule has 0 bridgehead atoms. The minimum Gasteiger partial charge on any atom is -0.480 e. The first-order valence-corrected chi connectivity index (χ1v) is 4.06. The van der Waals surface area contributed by atoms with E-state index in [1.165, 1.54) is 5.57 Å².